The molecule has 0 spiro atoms. The van der Waals surface area contributed by atoms with Crippen molar-refractivity contribution in [2.75, 3.05) is 53.3 Å². The van der Waals surface area contributed by atoms with Gasteiger partial charge in [0.2, 0.25) is 0 Å². The normalized spacial score (nSPS) is 11.7. The molecule has 0 bridgehead atoms. The lowest BCUT2D eigenvalue weighted by molar-refractivity contribution is -0.139. The van der Waals surface area contributed by atoms with Crippen molar-refractivity contribution in [2.45, 2.75) is 12.5 Å². The number of rotatable bonds is 9. The molecule has 0 unspecified atom stereocenters. The van der Waals surface area contributed by atoms with Gasteiger partial charge in [0.05, 0.1) is 13.2 Å². The van der Waals surface area contributed by atoms with Crippen molar-refractivity contribution in [3.05, 3.63) is 59.7 Å². The van der Waals surface area contributed by atoms with Gasteiger partial charge in [-0.05, 0) is 55.9 Å². The van der Waals surface area contributed by atoms with Crippen molar-refractivity contribution in [1.29, 1.82) is 0 Å². The standard InChI is InChI=1S/C23H32N4O3/c1-26(2)19-10-8-18(9-11-19)21(27(3)4)16-25-23(29)22(28)24-15-14-17-6-12-20(30-5)13-7-17/h6-13,21H,14-16H2,1-5H3,(H,24,28)(H,25,29)/t21-/m0/s1. The summed E-state index contributed by atoms with van der Waals surface area (Å²) in [7, 11) is 9.50. The number of hydrogen-bond acceptors (Lipinski definition) is 5. The molecule has 7 nitrogen and oxygen atoms in total. The Hall–Kier alpha value is -3.06. The molecular formula is C23H32N4O3. The van der Waals surface area contributed by atoms with Gasteiger partial charge in [-0.3, -0.25) is 9.59 Å². The summed E-state index contributed by atoms with van der Waals surface area (Å²) in [6.07, 6.45) is 0.640. The number of ether oxygens (including phenoxy) is 1. The van der Waals surface area contributed by atoms with E-state index in [2.05, 4.69) is 10.6 Å². The van der Waals surface area contributed by atoms with E-state index < -0.39 is 11.8 Å². The summed E-state index contributed by atoms with van der Waals surface area (Å²) >= 11 is 0. The van der Waals surface area contributed by atoms with Crippen molar-refractivity contribution < 1.29 is 14.3 Å². The fourth-order valence-corrected chi connectivity index (χ4v) is 3.06. The summed E-state index contributed by atoms with van der Waals surface area (Å²) in [6.45, 7) is 0.737. The molecule has 2 rings (SSSR count). The van der Waals surface area contributed by atoms with E-state index in [1.807, 2.05) is 86.5 Å². The maximum atomic E-state index is 12.2. The van der Waals surface area contributed by atoms with Crippen LogP contribution in [0.5, 0.6) is 5.75 Å². The number of methoxy groups -OCH3 is 1. The van der Waals surface area contributed by atoms with Crippen LogP contribution >= 0.6 is 0 Å². The molecule has 2 aromatic rings. The summed E-state index contributed by atoms with van der Waals surface area (Å²) < 4.78 is 5.13. The molecule has 0 heterocycles. The van der Waals surface area contributed by atoms with E-state index in [9.17, 15) is 9.59 Å². The van der Waals surface area contributed by atoms with Crippen LogP contribution in [0.1, 0.15) is 17.2 Å². The van der Waals surface area contributed by atoms with E-state index in [1.165, 1.54) is 0 Å². The van der Waals surface area contributed by atoms with Gasteiger partial charge >= 0.3 is 11.8 Å². The maximum Gasteiger partial charge on any atom is 0.309 e. The number of nitrogens with one attached hydrogen (secondary N) is 2. The van der Waals surface area contributed by atoms with Gasteiger partial charge in [-0.2, -0.15) is 0 Å². The fraction of sp³-hybridized carbons (Fsp3) is 0.391. The van der Waals surface area contributed by atoms with Gasteiger partial charge in [-0.15, -0.1) is 0 Å². The van der Waals surface area contributed by atoms with Crippen LogP contribution in [-0.4, -0.2) is 65.1 Å². The number of nitrogens with zero attached hydrogens (tertiary/aromatic N) is 2. The third-order valence-corrected chi connectivity index (χ3v) is 4.94. The van der Waals surface area contributed by atoms with Gasteiger partial charge < -0.3 is 25.2 Å². The second kappa shape index (κ2) is 11.2. The predicted octanol–water partition coefficient (Wildman–Crippen LogP) is 1.84. The number of carbonyl (C=O) groups is 2. The molecule has 0 aliphatic rings. The first-order chi connectivity index (χ1) is 14.3. The average Bonchev–Trinajstić information content (AvgIpc) is 2.74. The summed E-state index contributed by atoms with van der Waals surface area (Å²) in [4.78, 5) is 28.4. The molecule has 1 atom stereocenters. The van der Waals surface area contributed by atoms with Crippen molar-refractivity contribution in [3.8, 4) is 5.75 Å². The largest absolute Gasteiger partial charge is 0.497 e. The minimum atomic E-state index is -0.624. The third-order valence-electron chi connectivity index (χ3n) is 4.94. The Morgan fingerprint density at radius 1 is 0.900 bits per heavy atom. The van der Waals surface area contributed by atoms with Crippen molar-refractivity contribution in [1.82, 2.24) is 15.5 Å². The van der Waals surface area contributed by atoms with Gasteiger partial charge in [0, 0.05) is 32.9 Å². The fourth-order valence-electron chi connectivity index (χ4n) is 3.06. The molecule has 2 amide bonds. The molecule has 2 N–H and O–H groups in total. The van der Waals surface area contributed by atoms with Gasteiger partial charge in [0.1, 0.15) is 5.75 Å². The van der Waals surface area contributed by atoms with Crippen LogP contribution in [0, 0.1) is 0 Å². The number of amides is 2. The zero-order valence-corrected chi connectivity index (χ0v) is 18.4. The van der Waals surface area contributed by atoms with Crippen LogP contribution in [-0.2, 0) is 16.0 Å². The first-order valence-electron chi connectivity index (χ1n) is 9.94. The Morgan fingerprint density at radius 2 is 1.50 bits per heavy atom. The minimum absolute atomic E-state index is 0.0303. The third kappa shape index (κ3) is 6.77. The van der Waals surface area contributed by atoms with E-state index in [4.69, 9.17) is 4.74 Å². The molecule has 0 aliphatic carbocycles. The molecular weight excluding hydrogens is 380 g/mol. The topological polar surface area (TPSA) is 73.9 Å². The SMILES string of the molecule is COc1ccc(CCNC(=O)C(=O)NC[C@@H](c2ccc(N(C)C)cc2)N(C)C)cc1. The number of hydrogen-bond donors (Lipinski definition) is 2. The van der Waals surface area contributed by atoms with Crippen molar-refractivity contribution in [2.24, 2.45) is 0 Å². The highest BCUT2D eigenvalue weighted by Gasteiger charge is 2.18. The quantitative estimate of drug-likeness (QED) is 0.615. The predicted molar refractivity (Wildman–Crippen MR) is 120 cm³/mol. The highest BCUT2D eigenvalue weighted by molar-refractivity contribution is 6.35. The van der Waals surface area contributed by atoms with Gasteiger partial charge in [-0.1, -0.05) is 24.3 Å². The lowest BCUT2D eigenvalue weighted by Gasteiger charge is -2.25. The van der Waals surface area contributed by atoms with Gasteiger partial charge in [-0.25, -0.2) is 0 Å². The first kappa shape index (κ1) is 23.2. The van der Waals surface area contributed by atoms with Gasteiger partial charge in [0.25, 0.3) is 0 Å². The van der Waals surface area contributed by atoms with E-state index in [0.29, 0.717) is 19.5 Å². The average molecular weight is 413 g/mol. The van der Waals surface area contributed by atoms with E-state index >= 15 is 0 Å². The molecule has 0 fully saturated rings. The van der Waals surface area contributed by atoms with Crippen LogP contribution in [0.4, 0.5) is 5.69 Å². The Kier molecular flexibility index (Phi) is 8.68. The number of anilines is 1. The van der Waals surface area contributed by atoms with Crippen LogP contribution in [0.3, 0.4) is 0 Å². The van der Waals surface area contributed by atoms with Crippen LogP contribution in [0.25, 0.3) is 0 Å². The Labute approximate surface area is 179 Å². The van der Waals surface area contributed by atoms with Crippen molar-refractivity contribution >= 4 is 17.5 Å². The summed E-state index contributed by atoms with van der Waals surface area (Å²) in [5, 5.41) is 5.41. The van der Waals surface area contributed by atoms with E-state index in [0.717, 1.165) is 22.6 Å². The Balaban J connectivity index is 1.83. The van der Waals surface area contributed by atoms with Gasteiger partial charge in [0.15, 0.2) is 0 Å². The monoisotopic (exact) mass is 412 g/mol. The lowest BCUT2D eigenvalue weighted by atomic mass is 10.1. The highest BCUT2D eigenvalue weighted by atomic mass is 16.5. The Morgan fingerprint density at radius 3 is 2.03 bits per heavy atom. The molecule has 162 valence electrons. The number of carbonyl (C=O) groups excluding carboxylic acids is 2. The molecule has 0 aliphatic heterocycles. The van der Waals surface area contributed by atoms with Crippen molar-refractivity contribution in [3.63, 3.8) is 0 Å². The molecule has 7 heteroatoms. The maximum absolute atomic E-state index is 12.2. The highest BCUT2D eigenvalue weighted by Crippen LogP contribution is 2.20. The van der Waals surface area contributed by atoms with E-state index in [-0.39, 0.29) is 6.04 Å². The van der Waals surface area contributed by atoms with Crippen LogP contribution < -0.4 is 20.3 Å². The summed E-state index contributed by atoms with van der Waals surface area (Å²) in [6, 6.07) is 15.8. The molecule has 0 saturated carbocycles. The second-order valence-electron chi connectivity index (χ2n) is 7.53. The zero-order chi connectivity index (χ0) is 22.1. The second-order valence-corrected chi connectivity index (χ2v) is 7.53. The molecule has 0 aromatic heterocycles. The van der Waals surface area contributed by atoms with E-state index in [1.54, 1.807) is 7.11 Å². The Bertz CT molecular complexity index is 817. The minimum Gasteiger partial charge on any atom is -0.497 e. The smallest absolute Gasteiger partial charge is 0.309 e. The molecule has 30 heavy (non-hydrogen) atoms. The number of benzene rings is 2. The first-order valence-corrected chi connectivity index (χ1v) is 9.94. The van der Waals surface area contributed by atoms with Crippen LogP contribution in [0.15, 0.2) is 48.5 Å². The summed E-state index contributed by atoms with van der Waals surface area (Å²) in [5.74, 6) is -0.459. The molecule has 0 saturated heterocycles. The summed E-state index contributed by atoms with van der Waals surface area (Å²) in [5.41, 5.74) is 3.24. The number of likely N-dealkylation sites (N-methyl/N-ethyl adjacent to an activating group) is 1. The molecule has 2 aromatic carbocycles. The lowest BCUT2D eigenvalue weighted by Crippen LogP contribution is -2.43. The molecule has 0 radical (unpaired) electrons. The zero-order valence-electron chi connectivity index (χ0n) is 18.4. The van der Waals surface area contributed by atoms with Crippen LogP contribution in [0.2, 0.25) is 0 Å².